The Morgan fingerprint density at radius 2 is 1.54 bits per heavy atom. The largest absolute Gasteiger partial charge is 0.497 e. The summed E-state index contributed by atoms with van der Waals surface area (Å²) in [7, 11) is 1.63. The van der Waals surface area contributed by atoms with Gasteiger partial charge in [-0.3, -0.25) is 0 Å². The number of ether oxygens (including phenoxy) is 2. The van der Waals surface area contributed by atoms with Crippen LogP contribution < -0.4 is 9.64 Å². The molecule has 26 heavy (non-hydrogen) atoms. The summed E-state index contributed by atoms with van der Waals surface area (Å²) in [5.41, 5.74) is 1.44. The van der Waals surface area contributed by atoms with Gasteiger partial charge in [-0.25, -0.2) is 0 Å². The highest BCUT2D eigenvalue weighted by Gasteiger charge is 2.29. The average molecular weight is 353 g/mol. The summed E-state index contributed by atoms with van der Waals surface area (Å²) in [6.45, 7) is 9.78. The molecule has 1 heterocycles. The van der Waals surface area contributed by atoms with Crippen molar-refractivity contribution in [1.29, 1.82) is 0 Å². The van der Waals surface area contributed by atoms with Gasteiger partial charge in [0.1, 0.15) is 11.4 Å². The molecule has 0 aromatic heterocycles. The lowest BCUT2D eigenvalue weighted by Crippen LogP contribution is -2.45. The van der Waals surface area contributed by atoms with Crippen LogP contribution in [0.4, 0.5) is 5.69 Å². The molecule has 3 rings (SSSR count). The van der Waals surface area contributed by atoms with Crippen LogP contribution in [0.3, 0.4) is 0 Å². The molecular formula is C22H27NO3. The summed E-state index contributed by atoms with van der Waals surface area (Å²) in [5.74, 6) is 0.756. The quantitative estimate of drug-likeness (QED) is 0.832. The van der Waals surface area contributed by atoms with Gasteiger partial charge in [-0.15, -0.1) is 0 Å². The van der Waals surface area contributed by atoms with Gasteiger partial charge < -0.3 is 19.5 Å². The Bertz CT molecular complexity index is 731. The third-order valence-electron chi connectivity index (χ3n) is 4.92. The lowest BCUT2D eigenvalue weighted by atomic mass is 9.86. The summed E-state index contributed by atoms with van der Waals surface area (Å²) in [6, 6.07) is 15.4. The fourth-order valence-electron chi connectivity index (χ4n) is 3.56. The number of aliphatic hydroxyl groups is 1. The number of hydrogen-bond acceptors (Lipinski definition) is 4. The van der Waals surface area contributed by atoms with Crippen LogP contribution >= 0.6 is 0 Å². The number of methoxy groups -OCH3 is 1. The summed E-state index contributed by atoms with van der Waals surface area (Å²) in [5, 5.41) is 11.2. The van der Waals surface area contributed by atoms with Gasteiger partial charge in [-0.2, -0.15) is 0 Å². The Morgan fingerprint density at radius 1 is 1.04 bits per heavy atom. The van der Waals surface area contributed by atoms with Crippen molar-refractivity contribution in [1.82, 2.24) is 0 Å². The smallest absolute Gasteiger partial charge is 0.133 e. The third kappa shape index (κ3) is 3.62. The van der Waals surface area contributed by atoms with Gasteiger partial charge in [0, 0.05) is 18.8 Å². The highest BCUT2D eigenvalue weighted by molar-refractivity contribution is 5.51. The molecule has 1 fully saturated rings. The van der Waals surface area contributed by atoms with Crippen molar-refractivity contribution in [3.05, 3.63) is 72.3 Å². The van der Waals surface area contributed by atoms with Gasteiger partial charge in [0.25, 0.3) is 0 Å². The van der Waals surface area contributed by atoms with Crippen LogP contribution in [0.2, 0.25) is 0 Å². The number of rotatable bonds is 5. The minimum absolute atomic E-state index is 0.211. The molecular weight excluding hydrogens is 326 g/mol. The number of nitrogens with zero attached hydrogens (tertiary/aromatic N) is 1. The number of morpholine rings is 1. The van der Waals surface area contributed by atoms with Crippen LogP contribution in [0, 0.1) is 0 Å². The highest BCUT2D eigenvalue weighted by atomic mass is 16.5. The standard InChI is InChI=1S/C22H27NO3/c1-5-22(24,19-8-12-21(25-4)13-9-19)18-6-10-20(11-7-18)23-14-16(2)26-17(3)15-23/h5-13,16-17,24H,1,14-15H2,2-4H3. The Kier molecular flexibility index (Phi) is 5.35. The molecule has 0 spiro atoms. The maximum atomic E-state index is 11.2. The van der Waals surface area contributed by atoms with E-state index < -0.39 is 5.60 Å². The monoisotopic (exact) mass is 353 g/mol. The zero-order valence-electron chi connectivity index (χ0n) is 15.7. The van der Waals surface area contributed by atoms with Crippen molar-refractivity contribution in [3.8, 4) is 5.75 Å². The zero-order valence-corrected chi connectivity index (χ0v) is 15.7. The van der Waals surface area contributed by atoms with Crippen molar-refractivity contribution in [2.75, 3.05) is 25.1 Å². The van der Waals surface area contributed by atoms with E-state index in [0.29, 0.717) is 0 Å². The Labute approximate surface area is 155 Å². The highest BCUT2D eigenvalue weighted by Crippen LogP contribution is 2.33. The Balaban J connectivity index is 1.86. The summed E-state index contributed by atoms with van der Waals surface area (Å²) in [6.07, 6.45) is 1.99. The molecule has 0 amide bonds. The van der Waals surface area contributed by atoms with E-state index in [1.807, 2.05) is 36.4 Å². The molecule has 0 bridgehead atoms. The van der Waals surface area contributed by atoms with Crippen molar-refractivity contribution in [3.63, 3.8) is 0 Å². The minimum Gasteiger partial charge on any atom is -0.497 e. The van der Waals surface area contributed by atoms with Crippen LogP contribution in [0.15, 0.2) is 61.2 Å². The van der Waals surface area contributed by atoms with Gasteiger partial charge in [-0.05, 0) is 49.2 Å². The van der Waals surface area contributed by atoms with Crippen LogP contribution in [0.5, 0.6) is 5.75 Å². The predicted molar refractivity (Wildman–Crippen MR) is 105 cm³/mol. The lowest BCUT2D eigenvalue weighted by Gasteiger charge is -2.37. The molecule has 0 radical (unpaired) electrons. The van der Waals surface area contributed by atoms with Crippen LogP contribution in [0.25, 0.3) is 0 Å². The van der Waals surface area contributed by atoms with Crippen LogP contribution in [0.1, 0.15) is 25.0 Å². The van der Waals surface area contributed by atoms with E-state index in [2.05, 4.69) is 37.5 Å². The summed E-state index contributed by atoms with van der Waals surface area (Å²) >= 11 is 0. The van der Waals surface area contributed by atoms with E-state index in [-0.39, 0.29) is 12.2 Å². The zero-order chi connectivity index (χ0) is 18.7. The fourth-order valence-corrected chi connectivity index (χ4v) is 3.56. The Morgan fingerprint density at radius 3 is 2.00 bits per heavy atom. The topological polar surface area (TPSA) is 41.9 Å². The van der Waals surface area contributed by atoms with Crippen molar-refractivity contribution in [2.24, 2.45) is 0 Å². The Hall–Kier alpha value is -2.30. The second-order valence-corrected chi connectivity index (χ2v) is 6.91. The van der Waals surface area contributed by atoms with Gasteiger partial charge in [-0.1, -0.05) is 36.9 Å². The first-order valence-electron chi connectivity index (χ1n) is 8.97. The first-order chi connectivity index (χ1) is 12.5. The summed E-state index contributed by atoms with van der Waals surface area (Å²) in [4.78, 5) is 2.32. The van der Waals surface area contributed by atoms with Crippen LogP contribution in [-0.4, -0.2) is 37.5 Å². The molecule has 1 saturated heterocycles. The van der Waals surface area contributed by atoms with E-state index in [4.69, 9.17) is 9.47 Å². The first-order valence-corrected chi connectivity index (χ1v) is 8.97. The first kappa shape index (κ1) is 18.5. The third-order valence-corrected chi connectivity index (χ3v) is 4.92. The maximum absolute atomic E-state index is 11.2. The molecule has 0 aliphatic carbocycles. The molecule has 2 aromatic rings. The molecule has 1 N–H and O–H groups in total. The molecule has 1 aliphatic heterocycles. The van der Waals surface area contributed by atoms with E-state index in [9.17, 15) is 5.11 Å². The summed E-state index contributed by atoms with van der Waals surface area (Å²) < 4.78 is 11.0. The van der Waals surface area contributed by atoms with Crippen LogP contribution in [-0.2, 0) is 10.3 Å². The molecule has 4 heteroatoms. The second-order valence-electron chi connectivity index (χ2n) is 6.91. The average Bonchev–Trinajstić information content (AvgIpc) is 2.67. The number of benzene rings is 2. The number of anilines is 1. The molecule has 3 atom stereocenters. The predicted octanol–water partition coefficient (Wildman–Crippen LogP) is 3.73. The van der Waals surface area contributed by atoms with E-state index in [0.717, 1.165) is 35.7 Å². The van der Waals surface area contributed by atoms with Crippen molar-refractivity contribution < 1.29 is 14.6 Å². The van der Waals surface area contributed by atoms with Crippen molar-refractivity contribution in [2.45, 2.75) is 31.7 Å². The molecule has 2 aromatic carbocycles. The SMILES string of the molecule is C=CC(O)(c1ccc(OC)cc1)c1ccc(N2CC(C)OC(C)C2)cc1. The van der Waals surface area contributed by atoms with Gasteiger partial charge in [0.15, 0.2) is 0 Å². The van der Waals surface area contributed by atoms with Gasteiger partial charge >= 0.3 is 0 Å². The fraction of sp³-hybridized carbons (Fsp3) is 0.364. The molecule has 3 unspecified atom stereocenters. The molecule has 0 saturated carbocycles. The minimum atomic E-state index is -1.24. The van der Waals surface area contributed by atoms with Gasteiger partial charge in [0.05, 0.1) is 19.3 Å². The van der Waals surface area contributed by atoms with Gasteiger partial charge in [0.2, 0.25) is 0 Å². The lowest BCUT2D eigenvalue weighted by molar-refractivity contribution is -0.00522. The normalized spacial score (nSPS) is 22.5. The van der Waals surface area contributed by atoms with Crippen molar-refractivity contribution >= 4 is 5.69 Å². The molecule has 1 aliphatic rings. The van der Waals surface area contributed by atoms with E-state index >= 15 is 0 Å². The molecule has 4 nitrogen and oxygen atoms in total. The molecule has 138 valence electrons. The van der Waals surface area contributed by atoms with E-state index in [1.165, 1.54) is 0 Å². The number of hydrogen-bond donors (Lipinski definition) is 1. The maximum Gasteiger partial charge on any atom is 0.133 e. The van der Waals surface area contributed by atoms with E-state index in [1.54, 1.807) is 13.2 Å². The second kappa shape index (κ2) is 7.52.